The molecule has 6 nitrogen and oxygen atoms in total. The topological polar surface area (TPSA) is 75.1 Å². The van der Waals surface area contributed by atoms with Gasteiger partial charge in [-0.05, 0) is 37.1 Å². The number of rotatable bonds is 9. The lowest BCUT2D eigenvalue weighted by Crippen LogP contribution is -2.38. The number of aliphatic imine (C=N–C) groups is 1. The van der Waals surface area contributed by atoms with Gasteiger partial charge < -0.3 is 25.2 Å². The fourth-order valence-corrected chi connectivity index (χ4v) is 2.99. The highest BCUT2D eigenvalue weighted by atomic mass is 127. The van der Waals surface area contributed by atoms with E-state index in [0.29, 0.717) is 34.6 Å². The summed E-state index contributed by atoms with van der Waals surface area (Å²) in [6.45, 7) is 3.62. The smallest absolute Gasteiger partial charge is 0.191 e. The third kappa shape index (κ3) is 7.91. The first-order valence-corrected chi connectivity index (χ1v) is 9.62. The lowest BCUT2D eigenvalue weighted by molar-refractivity contribution is 0.187. The van der Waals surface area contributed by atoms with Gasteiger partial charge in [-0.25, -0.2) is 0 Å². The number of methoxy groups -OCH3 is 2. The summed E-state index contributed by atoms with van der Waals surface area (Å²) in [6, 6.07) is 13.1. The van der Waals surface area contributed by atoms with Crippen LogP contribution in [0.4, 0.5) is 0 Å². The SMILES string of the molecule is CCNC(=NCC(O)c1ccccc1Cl)NCCc1ccc(OC)c(OC)c1.I. The zero-order valence-corrected chi connectivity index (χ0v) is 20.0. The highest BCUT2D eigenvalue weighted by Gasteiger charge is 2.11. The Morgan fingerprint density at radius 1 is 1.10 bits per heavy atom. The average molecular weight is 534 g/mol. The van der Waals surface area contributed by atoms with Gasteiger partial charge in [-0.3, -0.25) is 4.99 Å². The molecule has 0 fully saturated rings. The van der Waals surface area contributed by atoms with Crippen LogP contribution in [-0.2, 0) is 6.42 Å². The second-order valence-corrected chi connectivity index (χ2v) is 6.53. The van der Waals surface area contributed by atoms with Crippen molar-refractivity contribution in [3.63, 3.8) is 0 Å². The van der Waals surface area contributed by atoms with Gasteiger partial charge >= 0.3 is 0 Å². The Labute approximate surface area is 194 Å². The minimum atomic E-state index is -0.755. The lowest BCUT2D eigenvalue weighted by Gasteiger charge is -2.14. The molecule has 3 N–H and O–H groups in total. The van der Waals surface area contributed by atoms with Crippen LogP contribution in [0.15, 0.2) is 47.5 Å². The minimum Gasteiger partial charge on any atom is -0.493 e. The number of hydrogen-bond acceptors (Lipinski definition) is 4. The van der Waals surface area contributed by atoms with E-state index in [-0.39, 0.29) is 30.5 Å². The van der Waals surface area contributed by atoms with Crippen molar-refractivity contribution in [2.45, 2.75) is 19.4 Å². The highest BCUT2D eigenvalue weighted by Crippen LogP contribution is 2.27. The molecule has 0 aliphatic rings. The molecule has 0 spiro atoms. The molecule has 0 aliphatic heterocycles. The third-order valence-electron chi connectivity index (χ3n) is 4.18. The third-order valence-corrected chi connectivity index (χ3v) is 4.53. The van der Waals surface area contributed by atoms with E-state index in [1.54, 1.807) is 26.4 Å². The molecule has 0 heterocycles. The molecule has 0 aliphatic carbocycles. The molecule has 0 radical (unpaired) electrons. The van der Waals surface area contributed by atoms with Gasteiger partial charge in [0.1, 0.15) is 6.10 Å². The van der Waals surface area contributed by atoms with Crippen molar-refractivity contribution in [1.29, 1.82) is 0 Å². The molecule has 1 atom stereocenters. The van der Waals surface area contributed by atoms with Gasteiger partial charge in [0.15, 0.2) is 17.5 Å². The summed E-state index contributed by atoms with van der Waals surface area (Å²) >= 11 is 6.13. The summed E-state index contributed by atoms with van der Waals surface area (Å²) in [5.74, 6) is 2.07. The minimum absolute atomic E-state index is 0. The first-order valence-electron chi connectivity index (χ1n) is 9.24. The van der Waals surface area contributed by atoms with Crippen LogP contribution in [-0.4, -0.2) is 44.9 Å². The summed E-state index contributed by atoms with van der Waals surface area (Å²) in [7, 11) is 3.25. The summed E-state index contributed by atoms with van der Waals surface area (Å²) in [4.78, 5) is 4.46. The Kier molecular flexibility index (Phi) is 11.8. The Hall–Kier alpha value is -1.71. The maximum atomic E-state index is 10.4. The van der Waals surface area contributed by atoms with Crippen LogP contribution in [0.2, 0.25) is 5.02 Å². The molecule has 1 unspecified atom stereocenters. The lowest BCUT2D eigenvalue weighted by atomic mass is 10.1. The second kappa shape index (κ2) is 13.5. The van der Waals surface area contributed by atoms with Crippen LogP contribution in [0.3, 0.4) is 0 Å². The normalized spacial score (nSPS) is 12.0. The van der Waals surface area contributed by atoms with Gasteiger partial charge in [-0.2, -0.15) is 0 Å². The average Bonchev–Trinajstić information content (AvgIpc) is 2.71. The van der Waals surface area contributed by atoms with Crippen LogP contribution >= 0.6 is 35.6 Å². The fraction of sp³-hybridized carbons (Fsp3) is 0.381. The number of guanidine groups is 1. The van der Waals surface area contributed by atoms with Crippen molar-refractivity contribution in [2.24, 2.45) is 4.99 Å². The summed E-state index contributed by atoms with van der Waals surface area (Å²) < 4.78 is 10.6. The number of nitrogens with one attached hydrogen (secondary N) is 2. The molecule has 160 valence electrons. The van der Waals surface area contributed by atoms with Gasteiger partial charge in [-0.1, -0.05) is 35.9 Å². The van der Waals surface area contributed by atoms with Gasteiger partial charge in [-0.15, -0.1) is 24.0 Å². The predicted molar refractivity (Wildman–Crippen MR) is 129 cm³/mol. The van der Waals surface area contributed by atoms with Crippen molar-refractivity contribution in [2.75, 3.05) is 33.9 Å². The van der Waals surface area contributed by atoms with Crippen LogP contribution < -0.4 is 20.1 Å². The second-order valence-electron chi connectivity index (χ2n) is 6.12. The Balaban J connectivity index is 0.00000420. The Morgan fingerprint density at radius 3 is 2.48 bits per heavy atom. The Bertz CT molecular complexity index is 790. The first kappa shape index (κ1) is 25.3. The molecule has 0 saturated carbocycles. The zero-order chi connectivity index (χ0) is 20.4. The summed E-state index contributed by atoms with van der Waals surface area (Å²) in [6.07, 6.45) is 0.0349. The monoisotopic (exact) mass is 533 g/mol. The van der Waals surface area contributed by atoms with E-state index in [4.69, 9.17) is 21.1 Å². The number of halogens is 2. The van der Waals surface area contributed by atoms with Gasteiger partial charge in [0.25, 0.3) is 0 Å². The molecule has 0 amide bonds. The zero-order valence-electron chi connectivity index (χ0n) is 16.9. The number of aliphatic hydroxyl groups is 1. The number of nitrogens with zero attached hydrogens (tertiary/aromatic N) is 1. The molecule has 2 aromatic rings. The van der Waals surface area contributed by atoms with E-state index in [0.717, 1.165) is 18.5 Å². The summed E-state index contributed by atoms with van der Waals surface area (Å²) in [5, 5.41) is 17.4. The molecule has 0 bridgehead atoms. The maximum absolute atomic E-state index is 10.4. The van der Waals surface area contributed by atoms with Crippen molar-refractivity contribution >= 4 is 41.5 Å². The number of benzene rings is 2. The van der Waals surface area contributed by atoms with E-state index in [2.05, 4.69) is 15.6 Å². The maximum Gasteiger partial charge on any atom is 0.191 e. The standard InChI is InChI=1S/C21H28ClN3O3.HI/c1-4-23-21(25-14-18(26)16-7-5-6-8-17(16)22)24-12-11-15-9-10-19(27-2)20(13-15)28-3;/h5-10,13,18,26H,4,11-12,14H2,1-3H3,(H2,23,24,25);1H. The largest absolute Gasteiger partial charge is 0.493 e. The summed E-state index contributed by atoms with van der Waals surface area (Å²) in [5.41, 5.74) is 1.80. The molecule has 29 heavy (non-hydrogen) atoms. The van der Waals surface area contributed by atoms with E-state index >= 15 is 0 Å². The van der Waals surface area contributed by atoms with E-state index in [1.165, 1.54) is 0 Å². The van der Waals surface area contributed by atoms with Crippen molar-refractivity contribution in [3.05, 3.63) is 58.6 Å². The highest BCUT2D eigenvalue weighted by molar-refractivity contribution is 14.0. The van der Waals surface area contributed by atoms with Crippen LogP contribution in [0.25, 0.3) is 0 Å². The number of hydrogen-bond donors (Lipinski definition) is 3. The fourth-order valence-electron chi connectivity index (χ4n) is 2.72. The van der Waals surface area contributed by atoms with E-state index < -0.39 is 6.10 Å². The Morgan fingerprint density at radius 2 is 1.83 bits per heavy atom. The molecule has 0 saturated heterocycles. The van der Waals surface area contributed by atoms with Gasteiger partial charge in [0.05, 0.1) is 20.8 Å². The quantitative estimate of drug-likeness (QED) is 0.260. The van der Waals surface area contributed by atoms with E-state index in [1.807, 2.05) is 37.3 Å². The molecular formula is C21H29ClIN3O3. The first-order chi connectivity index (χ1) is 13.6. The van der Waals surface area contributed by atoms with Crippen LogP contribution in [0, 0.1) is 0 Å². The van der Waals surface area contributed by atoms with Crippen LogP contribution in [0.5, 0.6) is 11.5 Å². The molecule has 8 heteroatoms. The van der Waals surface area contributed by atoms with Crippen molar-refractivity contribution < 1.29 is 14.6 Å². The predicted octanol–water partition coefficient (Wildman–Crippen LogP) is 3.81. The number of aliphatic hydroxyl groups excluding tert-OH is 1. The molecule has 2 rings (SSSR count). The molecule has 2 aromatic carbocycles. The molecule has 0 aromatic heterocycles. The van der Waals surface area contributed by atoms with E-state index in [9.17, 15) is 5.11 Å². The van der Waals surface area contributed by atoms with Crippen molar-refractivity contribution in [3.8, 4) is 11.5 Å². The number of ether oxygens (including phenoxy) is 2. The van der Waals surface area contributed by atoms with Gasteiger partial charge in [0.2, 0.25) is 0 Å². The van der Waals surface area contributed by atoms with Crippen molar-refractivity contribution in [1.82, 2.24) is 10.6 Å². The van der Waals surface area contributed by atoms with Gasteiger partial charge in [0, 0.05) is 23.7 Å². The van der Waals surface area contributed by atoms with Crippen LogP contribution in [0.1, 0.15) is 24.2 Å². The molecular weight excluding hydrogens is 505 g/mol.